The SMILES string of the molecule is Cc1cc2nccn2cc1N1CCN(CC2CC3(C2)CN(C)C3)CC1. The molecule has 0 bridgehead atoms. The molecule has 0 amide bonds. The van der Waals surface area contributed by atoms with Crippen LogP contribution in [0, 0.1) is 18.3 Å². The minimum atomic E-state index is 0.721. The van der Waals surface area contributed by atoms with Crippen LogP contribution in [0.25, 0.3) is 5.65 Å². The molecule has 0 aromatic carbocycles. The van der Waals surface area contributed by atoms with Gasteiger partial charge in [0.05, 0.1) is 5.69 Å². The smallest absolute Gasteiger partial charge is 0.137 e. The quantitative estimate of drug-likeness (QED) is 0.856. The molecule has 4 heterocycles. The van der Waals surface area contributed by atoms with Gasteiger partial charge in [-0.3, -0.25) is 4.90 Å². The Morgan fingerprint density at radius 3 is 2.64 bits per heavy atom. The highest BCUT2D eigenvalue weighted by Gasteiger charge is 2.50. The van der Waals surface area contributed by atoms with Crippen LogP contribution in [0.5, 0.6) is 0 Å². The lowest BCUT2D eigenvalue weighted by Crippen LogP contribution is -2.62. The molecule has 2 saturated heterocycles. The number of pyridine rings is 1. The first-order chi connectivity index (χ1) is 12.1. The van der Waals surface area contributed by atoms with Gasteiger partial charge in [0.15, 0.2) is 0 Å². The van der Waals surface area contributed by atoms with Crippen molar-refractivity contribution in [2.75, 3.05) is 57.8 Å². The number of piperazine rings is 1. The summed E-state index contributed by atoms with van der Waals surface area (Å²) >= 11 is 0. The average molecular weight is 339 g/mol. The van der Waals surface area contributed by atoms with E-state index in [1.807, 2.05) is 12.4 Å². The molecule has 5 nitrogen and oxygen atoms in total. The van der Waals surface area contributed by atoms with E-state index in [-0.39, 0.29) is 0 Å². The van der Waals surface area contributed by atoms with Gasteiger partial charge in [-0.05, 0) is 49.8 Å². The first-order valence-corrected chi connectivity index (χ1v) is 9.69. The number of fused-ring (bicyclic) bond motifs is 1. The third kappa shape index (κ3) is 2.74. The maximum Gasteiger partial charge on any atom is 0.137 e. The predicted molar refractivity (Wildman–Crippen MR) is 101 cm³/mol. The summed E-state index contributed by atoms with van der Waals surface area (Å²) in [7, 11) is 2.25. The van der Waals surface area contributed by atoms with E-state index in [2.05, 4.69) is 50.3 Å². The maximum atomic E-state index is 4.39. The molecule has 2 aliphatic heterocycles. The molecule has 5 heteroatoms. The van der Waals surface area contributed by atoms with Crippen molar-refractivity contribution in [3.05, 3.63) is 30.2 Å². The number of nitrogens with zero attached hydrogens (tertiary/aromatic N) is 5. The Bertz CT molecular complexity index is 759. The second-order valence-corrected chi connectivity index (χ2v) is 8.77. The highest BCUT2D eigenvalue weighted by Crippen LogP contribution is 2.51. The zero-order chi connectivity index (χ0) is 17.0. The maximum absolute atomic E-state index is 4.39. The normalized spacial score (nSPS) is 24.6. The lowest BCUT2D eigenvalue weighted by molar-refractivity contribution is -0.0888. The lowest BCUT2D eigenvalue weighted by Gasteiger charge is -2.59. The van der Waals surface area contributed by atoms with Crippen LogP contribution in [0.1, 0.15) is 18.4 Å². The molecule has 2 aromatic heterocycles. The molecule has 134 valence electrons. The third-order valence-corrected chi connectivity index (χ3v) is 6.59. The van der Waals surface area contributed by atoms with Crippen LogP contribution >= 0.6 is 0 Å². The van der Waals surface area contributed by atoms with Gasteiger partial charge in [0, 0.05) is 64.4 Å². The summed E-state index contributed by atoms with van der Waals surface area (Å²) in [4.78, 5) is 12.1. The average Bonchev–Trinajstić information content (AvgIpc) is 2.98. The summed E-state index contributed by atoms with van der Waals surface area (Å²) in [5.41, 5.74) is 4.46. The number of aromatic nitrogens is 2. The molecule has 5 rings (SSSR count). The first-order valence-electron chi connectivity index (χ1n) is 9.69. The number of likely N-dealkylation sites (tertiary alicyclic amines) is 1. The molecule has 0 radical (unpaired) electrons. The summed E-state index contributed by atoms with van der Waals surface area (Å²) < 4.78 is 2.14. The summed E-state index contributed by atoms with van der Waals surface area (Å²) in [6, 6.07) is 2.20. The topological polar surface area (TPSA) is 27.0 Å². The van der Waals surface area contributed by atoms with Crippen molar-refractivity contribution < 1.29 is 0 Å². The van der Waals surface area contributed by atoms with Crippen molar-refractivity contribution in [2.45, 2.75) is 19.8 Å². The number of hydrogen-bond acceptors (Lipinski definition) is 4. The van der Waals surface area contributed by atoms with Gasteiger partial charge in [-0.15, -0.1) is 0 Å². The Labute approximate surface area is 150 Å². The van der Waals surface area contributed by atoms with E-state index in [9.17, 15) is 0 Å². The molecule has 0 atom stereocenters. The number of imidazole rings is 1. The van der Waals surface area contributed by atoms with E-state index in [1.165, 1.54) is 56.8 Å². The molecule has 25 heavy (non-hydrogen) atoms. The minimum absolute atomic E-state index is 0.721. The van der Waals surface area contributed by atoms with Crippen molar-refractivity contribution >= 4 is 11.3 Å². The highest BCUT2D eigenvalue weighted by molar-refractivity contribution is 5.58. The number of aryl methyl sites for hydroxylation is 1. The molecule has 2 aromatic rings. The van der Waals surface area contributed by atoms with E-state index in [0.717, 1.165) is 30.1 Å². The zero-order valence-corrected chi connectivity index (χ0v) is 15.5. The van der Waals surface area contributed by atoms with Gasteiger partial charge in [0.1, 0.15) is 5.65 Å². The standard InChI is InChI=1S/C20H29N5/c1-16-9-19-21-3-4-25(19)13-18(16)24-7-5-23(6-8-24)12-17-10-20(11-17)14-22(2)15-20/h3-4,9,13,17H,5-8,10-12,14-15H2,1-2H3. The molecule has 1 spiro atoms. The zero-order valence-electron chi connectivity index (χ0n) is 15.5. The van der Waals surface area contributed by atoms with E-state index < -0.39 is 0 Å². The number of hydrogen-bond donors (Lipinski definition) is 0. The van der Waals surface area contributed by atoms with Crippen molar-refractivity contribution in [1.29, 1.82) is 0 Å². The molecule has 3 aliphatic rings. The highest BCUT2D eigenvalue weighted by atomic mass is 15.3. The van der Waals surface area contributed by atoms with Crippen molar-refractivity contribution in [2.24, 2.45) is 11.3 Å². The van der Waals surface area contributed by atoms with Crippen LogP contribution in [0.4, 0.5) is 5.69 Å². The summed E-state index contributed by atoms with van der Waals surface area (Å²) in [5.74, 6) is 0.948. The summed E-state index contributed by atoms with van der Waals surface area (Å²) in [5, 5.41) is 0. The lowest BCUT2D eigenvalue weighted by atomic mass is 9.58. The van der Waals surface area contributed by atoms with Gasteiger partial charge in [0.25, 0.3) is 0 Å². The fourth-order valence-electron chi connectivity index (χ4n) is 5.57. The van der Waals surface area contributed by atoms with E-state index in [1.54, 1.807) is 0 Å². The number of rotatable bonds is 3. The third-order valence-electron chi connectivity index (χ3n) is 6.59. The fraction of sp³-hybridized carbons (Fsp3) is 0.650. The van der Waals surface area contributed by atoms with Crippen LogP contribution in [0.2, 0.25) is 0 Å². The van der Waals surface area contributed by atoms with Gasteiger partial charge in [-0.1, -0.05) is 0 Å². The van der Waals surface area contributed by atoms with Gasteiger partial charge in [-0.2, -0.15) is 0 Å². The van der Waals surface area contributed by atoms with Crippen molar-refractivity contribution in [3.8, 4) is 0 Å². The Balaban J connectivity index is 1.16. The predicted octanol–water partition coefficient (Wildman–Crippen LogP) is 2.11. The van der Waals surface area contributed by atoms with Crippen LogP contribution < -0.4 is 4.90 Å². The van der Waals surface area contributed by atoms with Gasteiger partial charge >= 0.3 is 0 Å². The van der Waals surface area contributed by atoms with Crippen LogP contribution in [0.3, 0.4) is 0 Å². The van der Waals surface area contributed by atoms with E-state index >= 15 is 0 Å². The largest absolute Gasteiger partial charge is 0.368 e. The Hall–Kier alpha value is -1.59. The van der Waals surface area contributed by atoms with Crippen LogP contribution in [-0.4, -0.2) is 72.0 Å². The Kier molecular flexibility index (Phi) is 3.57. The summed E-state index contributed by atoms with van der Waals surface area (Å²) in [6.07, 6.45) is 9.10. The molecule has 1 saturated carbocycles. The monoisotopic (exact) mass is 339 g/mol. The van der Waals surface area contributed by atoms with Gasteiger partial charge < -0.3 is 14.2 Å². The second-order valence-electron chi connectivity index (χ2n) is 8.77. The molecular formula is C20H29N5. The van der Waals surface area contributed by atoms with E-state index in [4.69, 9.17) is 0 Å². The molecule has 0 unspecified atom stereocenters. The molecule has 3 fully saturated rings. The molecular weight excluding hydrogens is 310 g/mol. The minimum Gasteiger partial charge on any atom is -0.368 e. The summed E-state index contributed by atoms with van der Waals surface area (Å²) in [6.45, 7) is 10.9. The molecule has 0 N–H and O–H groups in total. The first kappa shape index (κ1) is 15.6. The van der Waals surface area contributed by atoms with Gasteiger partial charge in [0.2, 0.25) is 0 Å². The fourth-order valence-corrected chi connectivity index (χ4v) is 5.57. The molecule has 1 aliphatic carbocycles. The van der Waals surface area contributed by atoms with Crippen molar-refractivity contribution in [3.63, 3.8) is 0 Å². The Morgan fingerprint density at radius 2 is 1.92 bits per heavy atom. The Morgan fingerprint density at radius 1 is 1.16 bits per heavy atom. The number of anilines is 1. The van der Waals surface area contributed by atoms with Crippen LogP contribution in [-0.2, 0) is 0 Å². The van der Waals surface area contributed by atoms with Crippen LogP contribution in [0.15, 0.2) is 24.7 Å². The second kappa shape index (κ2) is 5.71. The van der Waals surface area contributed by atoms with E-state index in [0.29, 0.717) is 0 Å². The van der Waals surface area contributed by atoms with Crippen molar-refractivity contribution in [1.82, 2.24) is 19.2 Å². The van der Waals surface area contributed by atoms with Gasteiger partial charge in [-0.25, -0.2) is 4.98 Å².